The third kappa shape index (κ3) is 2.73. The van der Waals surface area contributed by atoms with Crippen LogP contribution in [0.2, 0.25) is 0 Å². The van der Waals surface area contributed by atoms with Crippen LogP contribution >= 0.6 is 0 Å². The number of aldehydes is 1. The molecule has 0 aliphatic rings. The van der Waals surface area contributed by atoms with Crippen LogP contribution in [0.1, 0.15) is 19.4 Å². The van der Waals surface area contributed by atoms with Crippen molar-refractivity contribution >= 4 is 23.3 Å². The van der Waals surface area contributed by atoms with E-state index in [9.17, 15) is 14.4 Å². The summed E-state index contributed by atoms with van der Waals surface area (Å²) in [5, 5.41) is 2.52. The molecule has 1 amide bonds. The van der Waals surface area contributed by atoms with Gasteiger partial charge in [0, 0.05) is 12.0 Å². The highest BCUT2D eigenvalue weighted by Crippen LogP contribution is 2.25. The number of aromatic nitrogens is 1. The van der Waals surface area contributed by atoms with Crippen LogP contribution in [0, 0.1) is 0 Å². The van der Waals surface area contributed by atoms with E-state index in [2.05, 4.69) is 10.3 Å². The quantitative estimate of drug-likeness (QED) is 0.627. The topological polar surface area (TPSA) is 92.2 Å². The summed E-state index contributed by atoms with van der Waals surface area (Å²) in [6, 6.07) is 5.32. The predicted molar refractivity (Wildman–Crippen MR) is 68.9 cm³/mol. The van der Waals surface area contributed by atoms with Gasteiger partial charge in [0.1, 0.15) is 0 Å². The number of oxazole rings is 1. The number of fused-ring (bicyclic) bond motifs is 1. The third-order valence-corrected chi connectivity index (χ3v) is 3.01. The molecule has 1 aromatic heterocycles. The fourth-order valence-corrected chi connectivity index (χ4v) is 1.82. The molecule has 0 aliphatic heterocycles. The Kier molecular flexibility index (Phi) is 3.25. The number of aromatic amines is 1. The molecular weight excluding hydrogens is 248 g/mol. The van der Waals surface area contributed by atoms with Gasteiger partial charge in [-0.2, -0.15) is 0 Å². The molecule has 1 heterocycles. The summed E-state index contributed by atoms with van der Waals surface area (Å²) < 4.78 is 4.92. The Morgan fingerprint density at radius 1 is 1.47 bits per heavy atom. The highest BCUT2D eigenvalue weighted by molar-refractivity contribution is 6.23. The van der Waals surface area contributed by atoms with Crippen molar-refractivity contribution in [2.75, 3.05) is 6.54 Å². The van der Waals surface area contributed by atoms with E-state index in [0.29, 0.717) is 17.6 Å². The van der Waals surface area contributed by atoms with Gasteiger partial charge in [-0.05, 0) is 17.7 Å². The van der Waals surface area contributed by atoms with Crippen LogP contribution in [-0.2, 0) is 15.0 Å². The SMILES string of the molecule is CC(C)(CNC(=O)C=O)c1ccc2oc(=O)[nH]c2c1. The number of hydrogen-bond acceptors (Lipinski definition) is 4. The van der Waals surface area contributed by atoms with Crippen LogP contribution in [0.4, 0.5) is 0 Å². The minimum absolute atomic E-state index is 0.243. The molecule has 0 unspecified atom stereocenters. The number of carbonyl (C=O) groups excluding carboxylic acids is 2. The van der Waals surface area contributed by atoms with Crippen molar-refractivity contribution in [3.8, 4) is 0 Å². The van der Waals surface area contributed by atoms with E-state index in [1.165, 1.54) is 0 Å². The molecule has 2 N–H and O–H groups in total. The van der Waals surface area contributed by atoms with E-state index in [-0.39, 0.29) is 11.7 Å². The zero-order chi connectivity index (χ0) is 14.0. The number of carbonyl (C=O) groups is 2. The first-order valence-electron chi connectivity index (χ1n) is 5.79. The lowest BCUT2D eigenvalue weighted by Gasteiger charge is -2.25. The maximum Gasteiger partial charge on any atom is 0.417 e. The van der Waals surface area contributed by atoms with Crippen molar-refractivity contribution in [2.24, 2.45) is 0 Å². The van der Waals surface area contributed by atoms with Crippen LogP contribution < -0.4 is 11.1 Å². The fraction of sp³-hybridized carbons (Fsp3) is 0.308. The molecule has 0 atom stereocenters. The van der Waals surface area contributed by atoms with Crippen molar-refractivity contribution in [1.29, 1.82) is 0 Å². The summed E-state index contributed by atoms with van der Waals surface area (Å²) in [5.41, 5.74) is 1.64. The Bertz CT molecular complexity index is 681. The molecule has 0 bridgehead atoms. The molecule has 0 aliphatic carbocycles. The summed E-state index contributed by atoms with van der Waals surface area (Å²) in [5.74, 6) is -1.15. The van der Waals surface area contributed by atoms with Crippen molar-refractivity contribution < 1.29 is 14.0 Å². The standard InChI is InChI=1S/C13H14N2O4/c1-13(2,7-14-11(17)6-16)8-3-4-10-9(5-8)15-12(18)19-10/h3-6H,7H2,1-2H3,(H,14,17)(H,15,18). The molecule has 0 radical (unpaired) electrons. The van der Waals surface area contributed by atoms with Gasteiger partial charge in [-0.3, -0.25) is 14.6 Å². The summed E-state index contributed by atoms with van der Waals surface area (Å²) in [4.78, 5) is 34.9. The second kappa shape index (κ2) is 4.72. The van der Waals surface area contributed by atoms with Crippen LogP contribution in [0.3, 0.4) is 0 Å². The van der Waals surface area contributed by atoms with Gasteiger partial charge < -0.3 is 9.73 Å². The molecule has 2 aromatic rings. The summed E-state index contributed by atoms with van der Waals surface area (Å²) >= 11 is 0. The van der Waals surface area contributed by atoms with E-state index in [4.69, 9.17) is 4.42 Å². The lowest BCUT2D eigenvalue weighted by Crippen LogP contribution is -2.37. The van der Waals surface area contributed by atoms with E-state index < -0.39 is 11.7 Å². The van der Waals surface area contributed by atoms with Crippen LogP contribution in [0.15, 0.2) is 27.4 Å². The molecule has 0 spiro atoms. The lowest BCUT2D eigenvalue weighted by molar-refractivity contribution is -0.131. The van der Waals surface area contributed by atoms with Crippen molar-refractivity contribution in [3.63, 3.8) is 0 Å². The first-order chi connectivity index (χ1) is 8.92. The monoisotopic (exact) mass is 262 g/mol. The zero-order valence-corrected chi connectivity index (χ0v) is 10.6. The largest absolute Gasteiger partial charge is 0.417 e. The Hall–Kier alpha value is -2.37. The van der Waals surface area contributed by atoms with Gasteiger partial charge in [0.05, 0.1) is 5.52 Å². The fourth-order valence-electron chi connectivity index (χ4n) is 1.82. The third-order valence-electron chi connectivity index (χ3n) is 3.01. The van der Waals surface area contributed by atoms with E-state index in [1.54, 1.807) is 12.1 Å². The van der Waals surface area contributed by atoms with E-state index >= 15 is 0 Å². The van der Waals surface area contributed by atoms with Gasteiger partial charge >= 0.3 is 5.76 Å². The van der Waals surface area contributed by atoms with Crippen molar-refractivity contribution in [2.45, 2.75) is 19.3 Å². The molecule has 1 aromatic carbocycles. The summed E-state index contributed by atoms with van der Waals surface area (Å²) in [7, 11) is 0. The Morgan fingerprint density at radius 2 is 2.21 bits per heavy atom. The Labute approximate surface area is 108 Å². The van der Waals surface area contributed by atoms with Gasteiger partial charge in [-0.15, -0.1) is 0 Å². The zero-order valence-electron chi connectivity index (χ0n) is 10.6. The van der Waals surface area contributed by atoms with Crippen LogP contribution in [0.5, 0.6) is 0 Å². The van der Waals surface area contributed by atoms with Gasteiger partial charge in [0.25, 0.3) is 5.91 Å². The molecule has 0 saturated carbocycles. The number of amides is 1. The molecular formula is C13H14N2O4. The lowest BCUT2D eigenvalue weighted by atomic mass is 9.84. The maximum atomic E-state index is 11.1. The van der Waals surface area contributed by atoms with Crippen molar-refractivity contribution in [1.82, 2.24) is 10.3 Å². The second-order valence-corrected chi connectivity index (χ2v) is 4.94. The summed E-state index contributed by atoms with van der Waals surface area (Å²) in [6.45, 7) is 4.17. The normalized spacial score (nSPS) is 11.5. The second-order valence-electron chi connectivity index (χ2n) is 4.94. The average Bonchev–Trinajstić information content (AvgIpc) is 2.74. The Balaban J connectivity index is 2.28. The Morgan fingerprint density at radius 3 is 2.89 bits per heavy atom. The highest BCUT2D eigenvalue weighted by atomic mass is 16.4. The van der Waals surface area contributed by atoms with Crippen LogP contribution in [0.25, 0.3) is 11.1 Å². The number of benzene rings is 1. The van der Waals surface area contributed by atoms with Gasteiger partial charge in [-0.25, -0.2) is 4.79 Å². The molecule has 6 heteroatoms. The molecule has 0 fully saturated rings. The number of hydrogen-bond donors (Lipinski definition) is 2. The average molecular weight is 262 g/mol. The first-order valence-corrected chi connectivity index (χ1v) is 5.79. The maximum absolute atomic E-state index is 11.1. The summed E-state index contributed by atoms with van der Waals surface area (Å²) in [6.07, 6.45) is 0.243. The molecule has 0 saturated heterocycles. The number of rotatable bonds is 4. The smallest absolute Gasteiger partial charge is 0.408 e. The molecule has 2 rings (SSSR count). The van der Waals surface area contributed by atoms with E-state index in [1.807, 2.05) is 19.9 Å². The van der Waals surface area contributed by atoms with Gasteiger partial charge in [0.2, 0.25) is 6.29 Å². The van der Waals surface area contributed by atoms with E-state index in [0.717, 1.165) is 5.56 Å². The number of nitrogens with one attached hydrogen (secondary N) is 2. The molecule has 100 valence electrons. The number of H-pyrrole nitrogens is 1. The molecule has 19 heavy (non-hydrogen) atoms. The minimum atomic E-state index is -0.647. The minimum Gasteiger partial charge on any atom is -0.408 e. The van der Waals surface area contributed by atoms with Gasteiger partial charge in [0.15, 0.2) is 5.58 Å². The highest BCUT2D eigenvalue weighted by Gasteiger charge is 2.22. The van der Waals surface area contributed by atoms with Gasteiger partial charge in [-0.1, -0.05) is 19.9 Å². The predicted octanol–water partition coefficient (Wildman–Crippen LogP) is 0.714. The first kappa shape index (κ1) is 13.1. The van der Waals surface area contributed by atoms with Crippen LogP contribution in [-0.4, -0.2) is 23.7 Å². The molecule has 6 nitrogen and oxygen atoms in total. The van der Waals surface area contributed by atoms with Crippen molar-refractivity contribution in [3.05, 3.63) is 34.3 Å².